The SMILES string of the molecule is Cc1cc(C)cc(CC(NN)c2cc3c(s2)CCSC3)c1. The molecule has 4 heteroatoms. The number of hydrogen-bond donors (Lipinski definition) is 2. The summed E-state index contributed by atoms with van der Waals surface area (Å²) < 4.78 is 0. The maximum absolute atomic E-state index is 5.84. The third-order valence-electron chi connectivity index (χ3n) is 3.91. The Kier molecular flexibility index (Phi) is 4.69. The lowest BCUT2D eigenvalue weighted by Crippen LogP contribution is -2.29. The highest BCUT2D eigenvalue weighted by atomic mass is 32.2. The van der Waals surface area contributed by atoms with Gasteiger partial charge in [0, 0.05) is 15.5 Å². The van der Waals surface area contributed by atoms with Crippen LogP contribution in [0.2, 0.25) is 0 Å². The van der Waals surface area contributed by atoms with Crippen molar-refractivity contribution in [2.24, 2.45) is 5.84 Å². The van der Waals surface area contributed by atoms with E-state index in [0.717, 1.165) is 12.2 Å². The molecule has 0 aliphatic carbocycles. The summed E-state index contributed by atoms with van der Waals surface area (Å²) in [6.45, 7) is 4.31. The highest BCUT2D eigenvalue weighted by Gasteiger charge is 2.19. The molecule has 1 atom stereocenters. The molecule has 2 aromatic rings. The van der Waals surface area contributed by atoms with E-state index < -0.39 is 0 Å². The standard InChI is InChI=1S/C17H22N2S2/c1-11-5-12(2)7-13(6-11)8-15(19-18)17-9-14-10-20-4-3-16(14)21-17/h5-7,9,15,19H,3-4,8,10,18H2,1-2H3. The van der Waals surface area contributed by atoms with Crippen molar-refractivity contribution in [3.05, 3.63) is 56.3 Å². The average molecular weight is 319 g/mol. The summed E-state index contributed by atoms with van der Waals surface area (Å²) in [7, 11) is 0. The van der Waals surface area contributed by atoms with Crippen LogP contribution in [0.4, 0.5) is 0 Å². The Morgan fingerprint density at radius 1 is 1.19 bits per heavy atom. The van der Waals surface area contributed by atoms with Gasteiger partial charge in [-0.15, -0.1) is 11.3 Å². The monoisotopic (exact) mass is 318 g/mol. The van der Waals surface area contributed by atoms with Crippen LogP contribution in [0.3, 0.4) is 0 Å². The molecule has 3 N–H and O–H groups in total. The van der Waals surface area contributed by atoms with E-state index in [2.05, 4.69) is 43.5 Å². The van der Waals surface area contributed by atoms with Gasteiger partial charge in [-0.2, -0.15) is 11.8 Å². The van der Waals surface area contributed by atoms with E-state index in [0.29, 0.717) is 0 Å². The summed E-state index contributed by atoms with van der Waals surface area (Å²) in [5.74, 6) is 8.25. The smallest absolute Gasteiger partial charge is 0.0593 e. The predicted molar refractivity (Wildman–Crippen MR) is 93.9 cm³/mol. The highest BCUT2D eigenvalue weighted by molar-refractivity contribution is 7.98. The van der Waals surface area contributed by atoms with Gasteiger partial charge in [-0.05, 0) is 49.6 Å². The van der Waals surface area contributed by atoms with Crippen LogP contribution in [0.15, 0.2) is 24.3 Å². The van der Waals surface area contributed by atoms with Gasteiger partial charge in [0.15, 0.2) is 0 Å². The molecule has 1 aliphatic heterocycles. The fourth-order valence-corrected chi connectivity index (χ4v) is 5.44. The van der Waals surface area contributed by atoms with E-state index in [1.165, 1.54) is 39.3 Å². The molecule has 0 saturated heterocycles. The number of thioether (sulfide) groups is 1. The fraction of sp³-hybridized carbons (Fsp3) is 0.412. The van der Waals surface area contributed by atoms with Gasteiger partial charge in [0.25, 0.3) is 0 Å². The average Bonchev–Trinajstić information content (AvgIpc) is 2.87. The van der Waals surface area contributed by atoms with Gasteiger partial charge in [-0.3, -0.25) is 11.3 Å². The van der Waals surface area contributed by atoms with Crippen molar-refractivity contribution in [2.45, 2.75) is 38.5 Å². The largest absolute Gasteiger partial charge is 0.271 e. The summed E-state index contributed by atoms with van der Waals surface area (Å²) in [5, 5.41) is 0. The number of thiophene rings is 1. The quantitative estimate of drug-likeness (QED) is 0.663. The Balaban J connectivity index is 1.82. The number of hydrogen-bond acceptors (Lipinski definition) is 4. The van der Waals surface area contributed by atoms with Gasteiger partial charge < -0.3 is 0 Å². The van der Waals surface area contributed by atoms with Crippen molar-refractivity contribution in [1.82, 2.24) is 5.43 Å². The first-order valence-electron chi connectivity index (χ1n) is 7.38. The minimum atomic E-state index is 0.215. The van der Waals surface area contributed by atoms with E-state index in [9.17, 15) is 0 Å². The predicted octanol–water partition coefficient (Wildman–Crippen LogP) is 3.90. The number of fused-ring (bicyclic) bond motifs is 1. The molecule has 1 aromatic carbocycles. The van der Waals surface area contributed by atoms with Crippen molar-refractivity contribution in [3.8, 4) is 0 Å². The first-order chi connectivity index (χ1) is 10.2. The molecule has 2 nitrogen and oxygen atoms in total. The lowest BCUT2D eigenvalue weighted by molar-refractivity contribution is 0.560. The zero-order valence-corrected chi connectivity index (χ0v) is 14.2. The minimum Gasteiger partial charge on any atom is -0.271 e. The lowest BCUT2D eigenvalue weighted by Gasteiger charge is -2.15. The van der Waals surface area contributed by atoms with E-state index >= 15 is 0 Å². The topological polar surface area (TPSA) is 38.0 Å². The highest BCUT2D eigenvalue weighted by Crippen LogP contribution is 2.35. The number of benzene rings is 1. The second kappa shape index (κ2) is 6.53. The van der Waals surface area contributed by atoms with Gasteiger partial charge in [-0.25, -0.2) is 0 Å². The molecule has 0 fully saturated rings. The van der Waals surface area contributed by atoms with Crippen LogP contribution in [0.25, 0.3) is 0 Å². The number of nitrogens with one attached hydrogen (secondary N) is 1. The Labute approximate surface area is 135 Å². The first kappa shape index (κ1) is 15.1. The summed E-state index contributed by atoms with van der Waals surface area (Å²) in [6.07, 6.45) is 2.16. The molecular formula is C17H22N2S2. The van der Waals surface area contributed by atoms with Crippen LogP contribution in [0, 0.1) is 13.8 Å². The molecular weight excluding hydrogens is 296 g/mol. The van der Waals surface area contributed by atoms with Crippen LogP contribution in [-0.2, 0) is 18.6 Å². The zero-order valence-electron chi connectivity index (χ0n) is 12.6. The van der Waals surface area contributed by atoms with E-state index in [4.69, 9.17) is 5.84 Å². The molecule has 1 aliphatic rings. The number of aryl methyl sites for hydroxylation is 3. The van der Waals surface area contributed by atoms with Crippen molar-refractivity contribution < 1.29 is 0 Å². The van der Waals surface area contributed by atoms with Crippen LogP contribution < -0.4 is 11.3 Å². The Morgan fingerprint density at radius 3 is 2.62 bits per heavy atom. The molecule has 1 aromatic heterocycles. The van der Waals surface area contributed by atoms with Crippen molar-refractivity contribution >= 4 is 23.1 Å². The van der Waals surface area contributed by atoms with E-state index in [1.807, 2.05) is 23.1 Å². The van der Waals surface area contributed by atoms with Gasteiger partial charge in [-0.1, -0.05) is 29.3 Å². The summed E-state index contributed by atoms with van der Waals surface area (Å²) in [4.78, 5) is 2.94. The number of hydrazine groups is 1. The van der Waals surface area contributed by atoms with Crippen LogP contribution in [-0.4, -0.2) is 5.75 Å². The molecule has 3 rings (SSSR count). The molecule has 0 amide bonds. The van der Waals surface area contributed by atoms with Gasteiger partial charge >= 0.3 is 0 Å². The number of rotatable bonds is 4. The Morgan fingerprint density at radius 2 is 1.95 bits per heavy atom. The van der Waals surface area contributed by atoms with Gasteiger partial charge in [0.1, 0.15) is 0 Å². The summed E-state index contributed by atoms with van der Waals surface area (Å²) in [6, 6.07) is 9.32. The number of nitrogens with two attached hydrogens (primary N) is 1. The van der Waals surface area contributed by atoms with Gasteiger partial charge in [0.2, 0.25) is 0 Å². The second-order valence-corrected chi connectivity index (χ2v) is 8.09. The lowest BCUT2D eigenvalue weighted by atomic mass is 10.0. The second-order valence-electron chi connectivity index (χ2n) is 5.82. The zero-order chi connectivity index (χ0) is 14.8. The minimum absolute atomic E-state index is 0.215. The van der Waals surface area contributed by atoms with Crippen LogP contribution in [0.5, 0.6) is 0 Å². The maximum atomic E-state index is 5.84. The van der Waals surface area contributed by atoms with Crippen LogP contribution in [0.1, 0.15) is 38.0 Å². The fourth-order valence-electron chi connectivity index (χ4n) is 3.01. The summed E-state index contributed by atoms with van der Waals surface area (Å²) in [5.41, 5.74) is 8.54. The Bertz CT molecular complexity index is 590. The molecule has 1 unspecified atom stereocenters. The third-order valence-corrected chi connectivity index (χ3v) is 6.27. The summed E-state index contributed by atoms with van der Waals surface area (Å²) >= 11 is 3.97. The molecule has 0 saturated carbocycles. The third kappa shape index (κ3) is 3.51. The van der Waals surface area contributed by atoms with Crippen molar-refractivity contribution in [2.75, 3.05) is 5.75 Å². The Hall–Kier alpha value is -0.810. The van der Waals surface area contributed by atoms with E-state index in [1.54, 1.807) is 4.88 Å². The van der Waals surface area contributed by atoms with Crippen molar-refractivity contribution in [1.29, 1.82) is 0 Å². The molecule has 112 valence electrons. The van der Waals surface area contributed by atoms with Crippen molar-refractivity contribution in [3.63, 3.8) is 0 Å². The molecule has 0 bridgehead atoms. The molecule has 0 radical (unpaired) electrons. The van der Waals surface area contributed by atoms with E-state index in [-0.39, 0.29) is 6.04 Å². The maximum Gasteiger partial charge on any atom is 0.0593 e. The van der Waals surface area contributed by atoms with Crippen LogP contribution >= 0.6 is 23.1 Å². The van der Waals surface area contributed by atoms with Gasteiger partial charge in [0.05, 0.1) is 6.04 Å². The first-order valence-corrected chi connectivity index (χ1v) is 9.35. The normalized spacial score (nSPS) is 15.8. The molecule has 0 spiro atoms. The molecule has 2 heterocycles. The molecule has 21 heavy (non-hydrogen) atoms.